The maximum atomic E-state index is 13.4. The van der Waals surface area contributed by atoms with E-state index in [1.165, 1.54) is 26.4 Å². The van der Waals surface area contributed by atoms with Crippen LogP contribution in [0.25, 0.3) is 0 Å². The molecule has 0 aromatic heterocycles. The van der Waals surface area contributed by atoms with Gasteiger partial charge in [0.25, 0.3) is 11.8 Å². The average Bonchev–Trinajstić information content (AvgIpc) is 2.74. The Kier molecular flexibility index (Phi) is 6.26. The topological polar surface area (TPSA) is 76.7 Å². The second kappa shape index (κ2) is 9.04. The van der Waals surface area contributed by atoms with E-state index in [4.69, 9.17) is 9.47 Å². The zero-order valence-corrected chi connectivity index (χ0v) is 16.2. The molecule has 0 aliphatic carbocycles. The molecule has 30 heavy (non-hydrogen) atoms. The van der Waals surface area contributed by atoms with Crippen molar-refractivity contribution in [2.45, 2.75) is 0 Å². The van der Waals surface area contributed by atoms with Crippen molar-refractivity contribution in [1.29, 1.82) is 0 Å². The van der Waals surface area contributed by atoms with Gasteiger partial charge in [0.05, 0.1) is 25.6 Å². The number of benzene rings is 3. The van der Waals surface area contributed by atoms with E-state index < -0.39 is 17.5 Å². The average molecular weight is 412 g/mol. The lowest BCUT2D eigenvalue weighted by atomic mass is 10.1. The maximum absolute atomic E-state index is 13.4. The van der Waals surface area contributed by atoms with E-state index in [2.05, 4.69) is 10.6 Å². The van der Waals surface area contributed by atoms with Crippen molar-refractivity contribution in [3.8, 4) is 11.5 Å². The number of hydrogen-bond donors (Lipinski definition) is 2. The second-order valence-electron chi connectivity index (χ2n) is 6.19. The molecule has 0 aliphatic heterocycles. The van der Waals surface area contributed by atoms with Gasteiger partial charge in [-0.05, 0) is 24.3 Å². The third-order valence-electron chi connectivity index (χ3n) is 4.18. The summed E-state index contributed by atoms with van der Waals surface area (Å²) in [5.74, 6) is -2.38. The number of hydrogen-bond acceptors (Lipinski definition) is 4. The van der Waals surface area contributed by atoms with Crippen molar-refractivity contribution in [1.82, 2.24) is 0 Å². The van der Waals surface area contributed by atoms with Crippen LogP contribution >= 0.6 is 0 Å². The van der Waals surface area contributed by atoms with Crippen molar-refractivity contribution in [2.24, 2.45) is 0 Å². The Bertz CT molecular complexity index is 1070. The van der Waals surface area contributed by atoms with Gasteiger partial charge in [0.2, 0.25) is 0 Å². The molecule has 0 spiro atoms. The Balaban J connectivity index is 1.89. The van der Waals surface area contributed by atoms with Gasteiger partial charge in [0, 0.05) is 29.3 Å². The van der Waals surface area contributed by atoms with Crippen LogP contribution in [0.2, 0.25) is 0 Å². The Morgan fingerprint density at radius 3 is 1.63 bits per heavy atom. The van der Waals surface area contributed by atoms with Gasteiger partial charge >= 0.3 is 0 Å². The standard InChI is InChI=1S/C22H18F2N2O4/c1-29-19-12-18(26-22(28)14-8-15(23)10-16(24)9-14)20(30-2)11-17(19)25-21(27)13-6-4-3-5-7-13/h3-12H,1-2H3,(H,25,27)(H,26,28). The Hall–Kier alpha value is -3.94. The lowest BCUT2D eigenvalue weighted by Gasteiger charge is -2.16. The fraction of sp³-hybridized carbons (Fsp3) is 0.0909. The molecule has 2 N–H and O–H groups in total. The van der Waals surface area contributed by atoms with Gasteiger partial charge in [-0.3, -0.25) is 9.59 Å². The molecule has 3 aromatic rings. The minimum absolute atomic E-state index is 0.196. The van der Waals surface area contributed by atoms with E-state index in [1.54, 1.807) is 30.3 Å². The second-order valence-corrected chi connectivity index (χ2v) is 6.19. The number of anilines is 2. The molecule has 6 nitrogen and oxygen atoms in total. The first-order valence-electron chi connectivity index (χ1n) is 8.81. The summed E-state index contributed by atoms with van der Waals surface area (Å²) in [5.41, 5.74) is 0.763. The highest BCUT2D eigenvalue weighted by molar-refractivity contribution is 6.07. The van der Waals surface area contributed by atoms with Crippen molar-refractivity contribution in [3.63, 3.8) is 0 Å². The fourth-order valence-electron chi connectivity index (χ4n) is 2.76. The van der Waals surface area contributed by atoms with Crippen LogP contribution in [0.4, 0.5) is 20.2 Å². The van der Waals surface area contributed by atoms with Gasteiger partial charge in [-0.1, -0.05) is 18.2 Å². The van der Waals surface area contributed by atoms with Crippen molar-refractivity contribution < 1.29 is 27.8 Å². The van der Waals surface area contributed by atoms with Gasteiger partial charge in [0.15, 0.2) is 0 Å². The molecule has 0 radical (unpaired) electrons. The molecule has 0 saturated heterocycles. The summed E-state index contributed by atoms with van der Waals surface area (Å²) in [6, 6.07) is 14.0. The number of methoxy groups -OCH3 is 2. The Morgan fingerprint density at radius 1 is 0.700 bits per heavy atom. The Labute approximate surface area is 171 Å². The van der Waals surface area contributed by atoms with E-state index in [0.717, 1.165) is 12.1 Å². The smallest absolute Gasteiger partial charge is 0.255 e. The summed E-state index contributed by atoms with van der Waals surface area (Å²) >= 11 is 0. The molecule has 154 valence electrons. The van der Waals surface area contributed by atoms with Crippen LogP contribution in [0.1, 0.15) is 20.7 Å². The van der Waals surface area contributed by atoms with Crippen LogP contribution in [0.3, 0.4) is 0 Å². The highest BCUT2D eigenvalue weighted by Gasteiger charge is 2.17. The van der Waals surface area contributed by atoms with Crippen molar-refractivity contribution in [3.05, 3.63) is 83.4 Å². The first kappa shape index (κ1) is 20.8. The van der Waals surface area contributed by atoms with Crippen molar-refractivity contribution in [2.75, 3.05) is 24.9 Å². The summed E-state index contributed by atoms with van der Waals surface area (Å²) in [4.78, 5) is 24.9. The van der Waals surface area contributed by atoms with E-state index >= 15 is 0 Å². The summed E-state index contributed by atoms with van der Waals surface area (Å²) in [7, 11) is 2.77. The first-order valence-corrected chi connectivity index (χ1v) is 8.81. The number of carbonyl (C=O) groups excluding carboxylic acids is 2. The van der Waals surface area contributed by atoms with Crippen LogP contribution in [0.5, 0.6) is 11.5 Å². The molecule has 2 amide bonds. The van der Waals surface area contributed by atoms with Crippen LogP contribution in [0, 0.1) is 11.6 Å². The molecular formula is C22H18F2N2O4. The van der Waals surface area contributed by atoms with Crippen LogP contribution in [0.15, 0.2) is 60.7 Å². The fourth-order valence-corrected chi connectivity index (χ4v) is 2.76. The number of ether oxygens (including phenoxy) is 2. The third-order valence-corrected chi connectivity index (χ3v) is 4.18. The summed E-state index contributed by atoms with van der Waals surface area (Å²) < 4.78 is 37.4. The van der Waals surface area contributed by atoms with Crippen LogP contribution in [-0.4, -0.2) is 26.0 Å². The van der Waals surface area contributed by atoms with Gasteiger partial charge < -0.3 is 20.1 Å². The minimum atomic E-state index is -0.872. The van der Waals surface area contributed by atoms with E-state index in [1.807, 2.05) is 0 Å². The molecule has 0 fully saturated rings. The largest absolute Gasteiger partial charge is 0.494 e. The maximum Gasteiger partial charge on any atom is 0.255 e. The molecule has 0 aliphatic rings. The molecule has 0 heterocycles. The monoisotopic (exact) mass is 412 g/mol. The van der Waals surface area contributed by atoms with E-state index in [-0.39, 0.29) is 28.7 Å². The zero-order chi connectivity index (χ0) is 21.7. The summed E-state index contributed by atoms with van der Waals surface area (Å²) in [6.45, 7) is 0. The molecule has 3 rings (SSSR count). The van der Waals surface area contributed by atoms with E-state index in [0.29, 0.717) is 17.3 Å². The highest BCUT2D eigenvalue weighted by atomic mass is 19.1. The molecule has 0 saturated carbocycles. The zero-order valence-electron chi connectivity index (χ0n) is 16.2. The minimum Gasteiger partial charge on any atom is -0.494 e. The molecule has 0 atom stereocenters. The first-order chi connectivity index (χ1) is 14.4. The predicted molar refractivity (Wildman–Crippen MR) is 108 cm³/mol. The summed E-state index contributed by atoms with van der Waals surface area (Å²) in [6.07, 6.45) is 0. The highest BCUT2D eigenvalue weighted by Crippen LogP contribution is 2.37. The number of rotatable bonds is 6. The van der Waals surface area contributed by atoms with Gasteiger partial charge in [-0.25, -0.2) is 8.78 Å². The lowest BCUT2D eigenvalue weighted by molar-refractivity contribution is 0.101. The molecule has 3 aromatic carbocycles. The Morgan fingerprint density at radius 2 is 1.17 bits per heavy atom. The van der Waals surface area contributed by atoms with Gasteiger partial charge in [-0.2, -0.15) is 0 Å². The molecular weight excluding hydrogens is 394 g/mol. The molecule has 8 heteroatoms. The van der Waals surface area contributed by atoms with Crippen LogP contribution < -0.4 is 20.1 Å². The lowest BCUT2D eigenvalue weighted by Crippen LogP contribution is -2.15. The molecule has 0 bridgehead atoms. The predicted octanol–water partition coefficient (Wildman–Crippen LogP) is 4.49. The SMILES string of the molecule is COc1cc(NC(=O)c2cc(F)cc(F)c2)c(OC)cc1NC(=O)c1ccccc1. The third kappa shape index (κ3) is 4.72. The van der Waals surface area contributed by atoms with Gasteiger partial charge in [-0.15, -0.1) is 0 Å². The van der Waals surface area contributed by atoms with Crippen molar-refractivity contribution >= 4 is 23.2 Å². The quantitative estimate of drug-likeness (QED) is 0.626. The number of halogens is 2. The number of nitrogens with one attached hydrogen (secondary N) is 2. The summed E-state index contributed by atoms with van der Waals surface area (Å²) in [5, 5.41) is 5.25. The van der Waals surface area contributed by atoms with Gasteiger partial charge in [0.1, 0.15) is 23.1 Å². The number of amides is 2. The van der Waals surface area contributed by atoms with Crippen LogP contribution in [-0.2, 0) is 0 Å². The molecule has 0 unspecified atom stereocenters. The number of carbonyl (C=O) groups is 2. The van der Waals surface area contributed by atoms with E-state index in [9.17, 15) is 18.4 Å². The normalized spacial score (nSPS) is 10.3.